The highest BCUT2D eigenvalue weighted by atomic mass is 32.1. The molecule has 0 aliphatic rings. The van der Waals surface area contributed by atoms with E-state index in [1.165, 1.54) is 23.5 Å². The number of nitrogens with zero attached hydrogens (tertiary/aromatic N) is 4. The molecule has 28 heavy (non-hydrogen) atoms. The number of hydrogen-bond acceptors (Lipinski definition) is 4. The average Bonchev–Trinajstić information content (AvgIpc) is 3.15. The van der Waals surface area contributed by atoms with Crippen molar-refractivity contribution in [2.75, 3.05) is 0 Å². The lowest BCUT2D eigenvalue weighted by molar-refractivity contribution is 0.628. The maximum absolute atomic E-state index is 13.3. The van der Waals surface area contributed by atoms with Gasteiger partial charge in [0.2, 0.25) is 4.80 Å². The highest BCUT2D eigenvalue weighted by Crippen LogP contribution is 2.20. The Morgan fingerprint density at radius 3 is 2.57 bits per heavy atom. The van der Waals surface area contributed by atoms with E-state index in [0.717, 1.165) is 27.2 Å². The molecule has 0 amide bonds. The van der Waals surface area contributed by atoms with Gasteiger partial charge in [0.1, 0.15) is 5.82 Å². The number of halogens is 1. The van der Waals surface area contributed by atoms with Crippen molar-refractivity contribution in [3.8, 4) is 11.3 Å². The molecule has 2 heterocycles. The van der Waals surface area contributed by atoms with Crippen molar-refractivity contribution >= 4 is 17.6 Å². The third kappa shape index (κ3) is 4.29. The minimum Gasteiger partial charge on any atom is -0.264 e. The third-order valence-electron chi connectivity index (χ3n) is 4.07. The van der Waals surface area contributed by atoms with Crippen LogP contribution in [0.1, 0.15) is 11.1 Å². The van der Waals surface area contributed by atoms with Gasteiger partial charge in [0.05, 0.1) is 18.5 Å². The van der Waals surface area contributed by atoms with E-state index in [2.05, 4.69) is 10.1 Å². The van der Waals surface area contributed by atoms with Gasteiger partial charge in [0.15, 0.2) is 0 Å². The molecule has 0 spiro atoms. The zero-order chi connectivity index (χ0) is 19.2. The molecule has 0 fully saturated rings. The molecule has 138 valence electrons. The van der Waals surface area contributed by atoms with Gasteiger partial charge < -0.3 is 0 Å². The molecular weight excluding hydrogens is 371 g/mol. The summed E-state index contributed by atoms with van der Waals surface area (Å²) in [6.07, 6.45) is 5.21. The van der Waals surface area contributed by atoms with Crippen molar-refractivity contribution in [3.63, 3.8) is 0 Å². The van der Waals surface area contributed by atoms with Gasteiger partial charge in [-0.2, -0.15) is 5.10 Å². The van der Waals surface area contributed by atoms with Crippen LogP contribution in [0.25, 0.3) is 11.3 Å². The second kappa shape index (κ2) is 8.54. The van der Waals surface area contributed by atoms with E-state index in [0.29, 0.717) is 6.54 Å². The van der Waals surface area contributed by atoms with Crippen LogP contribution in [0, 0.1) is 5.82 Å². The smallest absolute Gasteiger partial charge is 0.206 e. The van der Waals surface area contributed by atoms with Crippen molar-refractivity contribution in [2.24, 2.45) is 10.1 Å². The van der Waals surface area contributed by atoms with Crippen LogP contribution in [-0.2, 0) is 6.54 Å². The van der Waals surface area contributed by atoms with Gasteiger partial charge in [-0.25, -0.2) is 9.07 Å². The fourth-order valence-corrected chi connectivity index (χ4v) is 3.49. The Morgan fingerprint density at radius 2 is 1.82 bits per heavy atom. The summed E-state index contributed by atoms with van der Waals surface area (Å²) in [6, 6.07) is 20.2. The summed E-state index contributed by atoms with van der Waals surface area (Å²) in [6.45, 7) is 0.562. The summed E-state index contributed by atoms with van der Waals surface area (Å²) in [5, 5.41) is 6.61. The summed E-state index contributed by atoms with van der Waals surface area (Å²) in [5.41, 5.74) is 3.75. The van der Waals surface area contributed by atoms with Gasteiger partial charge >= 0.3 is 0 Å². The van der Waals surface area contributed by atoms with E-state index in [1.807, 2.05) is 47.8 Å². The summed E-state index contributed by atoms with van der Waals surface area (Å²) >= 11 is 1.50. The second-order valence-electron chi connectivity index (χ2n) is 6.05. The predicted octanol–water partition coefficient (Wildman–Crippen LogP) is 4.73. The van der Waals surface area contributed by atoms with Gasteiger partial charge in [0, 0.05) is 28.9 Å². The molecule has 6 heteroatoms. The van der Waals surface area contributed by atoms with Crippen LogP contribution in [0.4, 0.5) is 4.39 Å². The van der Waals surface area contributed by atoms with E-state index in [-0.39, 0.29) is 5.82 Å². The number of thiazole rings is 1. The molecule has 0 unspecified atom stereocenters. The van der Waals surface area contributed by atoms with Gasteiger partial charge in [-0.1, -0.05) is 36.4 Å². The molecule has 0 saturated heterocycles. The quantitative estimate of drug-likeness (QED) is 0.456. The van der Waals surface area contributed by atoms with Crippen LogP contribution in [0.5, 0.6) is 0 Å². The van der Waals surface area contributed by atoms with Crippen LogP contribution in [0.3, 0.4) is 0 Å². The predicted molar refractivity (Wildman–Crippen MR) is 111 cm³/mol. The molecule has 0 aliphatic heterocycles. The van der Waals surface area contributed by atoms with Crippen LogP contribution in [0.15, 0.2) is 94.6 Å². The maximum Gasteiger partial charge on any atom is 0.206 e. The lowest BCUT2D eigenvalue weighted by atomic mass is 10.2. The molecule has 0 saturated carbocycles. The Bertz CT molecular complexity index is 1130. The zero-order valence-corrected chi connectivity index (χ0v) is 15.8. The van der Waals surface area contributed by atoms with Gasteiger partial charge in [-0.05, 0) is 35.9 Å². The molecule has 0 aliphatic carbocycles. The Balaban J connectivity index is 1.75. The van der Waals surface area contributed by atoms with Crippen molar-refractivity contribution < 1.29 is 4.39 Å². The van der Waals surface area contributed by atoms with Crippen LogP contribution < -0.4 is 4.80 Å². The van der Waals surface area contributed by atoms with Crippen molar-refractivity contribution in [1.29, 1.82) is 0 Å². The number of hydrogen-bond donors (Lipinski definition) is 0. The monoisotopic (exact) mass is 388 g/mol. The van der Waals surface area contributed by atoms with Crippen molar-refractivity contribution in [3.05, 3.63) is 106 Å². The van der Waals surface area contributed by atoms with E-state index in [9.17, 15) is 4.39 Å². The summed E-state index contributed by atoms with van der Waals surface area (Å²) in [7, 11) is 0. The largest absolute Gasteiger partial charge is 0.264 e. The van der Waals surface area contributed by atoms with E-state index in [4.69, 9.17) is 4.99 Å². The minimum absolute atomic E-state index is 0.265. The van der Waals surface area contributed by atoms with Gasteiger partial charge in [0.25, 0.3) is 0 Å². The summed E-state index contributed by atoms with van der Waals surface area (Å²) < 4.78 is 15.1. The first kappa shape index (κ1) is 18.0. The highest BCUT2D eigenvalue weighted by molar-refractivity contribution is 7.07. The first-order chi connectivity index (χ1) is 13.8. The fraction of sp³-hybridized carbons (Fsp3) is 0.0455. The minimum atomic E-state index is -0.265. The standard InChI is InChI=1S/C22H17FN4S/c23-20-10-8-19(9-11-20)21-16-28-22(25-14-17-5-2-1-3-6-17)27(21)26-15-18-7-4-12-24-13-18/h1-13,15-16H,14H2. The molecule has 4 aromatic rings. The topological polar surface area (TPSA) is 42.5 Å². The molecule has 0 bridgehead atoms. The Morgan fingerprint density at radius 1 is 1.00 bits per heavy atom. The zero-order valence-electron chi connectivity index (χ0n) is 14.9. The maximum atomic E-state index is 13.3. The molecule has 2 aromatic carbocycles. The molecule has 4 rings (SSSR count). The molecule has 4 nitrogen and oxygen atoms in total. The summed E-state index contributed by atoms with van der Waals surface area (Å²) in [5.74, 6) is -0.265. The first-order valence-electron chi connectivity index (χ1n) is 8.75. The Kier molecular flexibility index (Phi) is 5.49. The third-order valence-corrected chi connectivity index (χ3v) is 4.93. The lowest BCUT2D eigenvalue weighted by Crippen LogP contribution is -2.12. The lowest BCUT2D eigenvalue weighted by Gasteiger charge is -2.04. The Labute approximate surface area is 166 Å². The van der Waals surface area contributed by atoms with E-state index >= 15 is 0 Å². The number of benzene rings is 2. The number of aromatic nitrogens is 2. The normalized spacial score (nSPS) is 12.0. The van der Waals surface area contributed by atoms with Crippen LogP contribution >= 0.6 is 11.3 Å². The molecule has 0 atom stereocenters. The molecule has 2 aromatic heterocycles. The number of pyridine rings is 1. The second-order valence-corrected chi connectivity index (χ2v) is 6.89. The molecular formula is C22H17FN4S. The highest BCUT2D eigenvalue weighted by Gasteiger charge is 2.07. The first-order valence-corrected chi connectivity index (χ1v) is 9.63. The van der Waals surface area contributed by atoms with Gasteiger partial charge in [-0.3, -0.25) is 9.98 Å². The van der Waals surface area contributed by atoms with Gasteiger partial charge in [-0.15, -0.1) is 11.3 Å². The SMILES string of the molecule is Fc1ccc(-c2csc(=NCc3ccccc3)n2N=Cc2cccnc2)cc1. The van der Waals surface area contributed by atoms with E-state index < -0.39 is 0 Å². The average molecular weight is 388 g/mol. The van der Waals surface area contributed by atoms with Crippen molar-refractivity contribution in [1.82, 2.24) is 9.66 Å². The summed E-state index contributed by atoms with van der Waals surface area (Å²) in [4.78, 5) is 9.61. The number of rotatable bonds is 5. The van der Waals surface area contributed by atoms with E-state index in [1.54, 1.807) is 35.4 Å². The Hall–Kier alpha value is -3.38. The van der Waals surface area contributed by atoms with Crippen LogP contribution in [0.2, 0.25) is 0 Å². The molecule has 0 N–H and O–H groups in total. The van der Waals surface area contributed by atoms with Crippen LogP contribution in [-0.4, -0.2) is 15.9 Å². The fourth-order valence-electron chi connectivity index (χ4n) is 2.66. The molecule has 0 radical (unpaired) electrons. The van der Waals surface area contributed by atoms with Crippen molar-refractivity contribution in [2.45, 2.75) is 6.54 Å².